The van der Waals surface area contributed by atoms with Crippen molar-refractivity contribution in [2.45, 2.75) is 6.92 Å². The van der Waals surface area contributed by atoms with Crippen LogP contribution in [0.15, 0.2) is 42.5 Å². The summed E-state index contributed by atoms with van der Waals surface area (Å²) in [5, 5.41) is 13.3. The van der Waals surface area contributed by atoms with E-state index >= 15 is 0 Å². The van der Waals surface area contributed by atoms with E-state index in [9.17, 15) is 14.5 Å². The van der Waals surface area contributed by atoms with Gasteiger partial charge in [0.05, 0.1) is 16.7 Å². The lowest BCUT2D eigenvalue weighted by atomic mass is 10.2. The Labute approximate surface area is 103 Å². The third-order valence-corrected chi connectivity index (χ3v) is 2.49. The minimum atomic E-state index is -0.648. The molecule has 2 rings (SSSR count). The molecule has 0 saturated heterocycles. The average molecular weight is 246 g/mol. The maximum atomic E-state index is 13.6. The van der Waals surface area contributed by atoms with Gasteiger partial charge in [-0.2, -0.15) is 0 Å². The van der Waals surface area contributed by atoms with Crippen LogP contribution in [-0.2, 0) is 0 Å². The zero-order valence-electron chi connectivity index (χ0n) is 9.68. The molecule has 0 aliphatic carbocycles. The molecule has 18 heavy (non-hydrogen) atoms. The predicted octanol–water partition coefficient (Wildman–Crippen LogP) is 3.79. The van der Waals surface area contributed by atoms with Gasteiger partial charge in [0.2, 0.25) is 0 Å². The molecule has 1 N–H and O–H groups in total. The van der Waals surface area contributed by atoms with Gasteiger partial charge in [0.1, 0.15) is 0 Å². The first-order chi connectivity index (χ1) is 8.56. The first-order valence-corrected chi connectivity index (χ1v) is 5.34. The van der Waals surface area contributed by atoms with Crippen LogP contribution in [0.3, 0.4) is 0 Å². The number of aryl methyl sites for hydroxylation is 1. The molecule has 0 fully saturated rings. The molecule has 4 nitrogen and oxygen atoms in total. The second-order valence-electron chi connectivity index (χ2n) is 3.91. The van der Waals surface area contributed by atoms with Crippen molar-refractivity contribution in [3.63, 3.8) is 0 Å². The molecule has 0 aliphatic heterocycles. The van der Waals surface area contributed by atoms with Crippen LogP contribution < -0.4 is 5.32 Å². The first-order valence-electron chi connectivity index (χ1n) is 5.34. The molecular formula is C13H11FN2O2. The Hall–Kier alpha value is -2.43. The molecule has 0 bridgehead atoms. The highest BCUT2D eigenvalue weighted by atomic mass is 19.1. The van der Waals surface area contributed by atoms with Crippen LogP contribution in [0.2, 0.25) is 0 Å². The molecule has 0 amide bonds. The van der Waals surface area contributed by atoms with Crippen molar-refractivity contribution in [3.8, 4) is 0 Å². The Morgan fingerprint density at radius 3 is 2.39 bits per heavy atom. The lowest BCUT2D eigenvalue weighted by Crippen LogP contribution is -1.95. The number of hydrogen-bond acceptors (Lipinski definition) is 3. The molecule has 0 spiro atoms. The zero-order valence-corrected chi connectivity index (χ0v) is 9.68. The monoisotopic (exact) mass is 246 g/mol. The number of hydrogen-bond donors (Lipinski definition) is 1. The predicted molar refractivity (Wildman–Crippen MR) is 67.5 cm³/mol. The summed E-state index contributed by atoms with van der Waals surface area (Å²) in [4.78, 5) is 9.85. The fourth-order valence-corrected chi connectivity index (χ4v) is 1.51. The number of anilines is 2. The summed E-state index contributed by atoms with van der Waals surface area (Å²) in [6, 6.07) is 10.9. The summed E-state index contributed by atoms with van der Waals surface area (Å²) in [7, 11) is 0. The topological polar surface area (TPSA) is 55.2 Å². The standard InChI is InChI=1S/C13H11FN2O2/c1-9-2-4-10(5-3-9)15-13-7-6-11(16(17)18)8-12(13)14/h2-8,15H,1H3. The average Bonchev–Trinajstić information content (AvgIpc) is 2.34. The first kappa shape index (κ1) is 12.0. The van der Waals surface area contributed by atoms with Gasteiger partial charge in [-0.15, -0.1) is 0 Å². The van der Waals surface area contributed by atoms with Gasteiger partial charge >= 0.3 is 0 Å². The molecule has 2 aromatic rings. The van der Waals surface area contributed by atoms with Gasteiger partial charge in [0.15, 0.2) is 5.82 Å². The van der Waals surface area contributed by atoms with Gasteiger partial charge in [-0.1, -0.05) is 17.7 Å². The summed E-state index contributed by atoms with van der Waals surface area (Å²) >= 11 is 0. The molecule has 0 radical (unpaired) electrons. The molecule has 2 aromatic carbocycles. The van der Waals surface area contributed by atoms with Crippen molar-refractivity contribution in [1.29, 1.82) is 0 Å². The highest BCUT2D eigenvalue weighted by Gasteiger charge is 2.10. The fourth-order valence-electron chi connectivity index (χ4n) is 1.51. The molecule has 92 valence electrons. The van der Waals surface area contributed by atoms with Crippen LogP contribution in [0.5, 0.6) is 0 Å². The third kappa shape index (κ3) is 2.63. The van der Waals surface area contributed by atoms with E-state index in [-0.39, 0.29) is 11.4 Å². The van der Waals surface area contributed by atoms with Crippen LogP contribution >= 0.6 is 0 Å². The van der Waals surface area contributed by atoms with Crippen molar-refractivity contribution in [2.24, 2.45) is 0 Å². The molecule has 5 heteroatoms. The van der Waals surface area contributed by atoms with E-state index in [1.54, 1.807) is 0 Å². The number of nitro groups is 1. The Morgan fingerprint density at radius 1 is 1.17 bits per heavy atom. The molecule has 0 aliphatic rings. The van der Waals surface area contributed by atoms with E-state index in [2.05, 4.69) is 5.32 Å². The van der Waals surface area contributed by atoms with Gasteiger partial charge in [0.25, 0.3) is 5.69 Å². The van der Waals surface area contributed by atoms with E-state index in [0.717, 1.165) is 17.3 Å². The van der Waals surface area contributed by atoms with E-state index in [1.807, 2.05) is 31.2 Å². The fraction of sp³-hybridized carbons (Fsp3) is 0.0769. The maximum absolute atomic E-state index is 13.6. The largest absolute Gasteiger partial charge is 0.353 e. The Kier molecular flexibility index (Phi) is 3.23. The van der Waals surface area contributed by atoms with Gasteiger partial charge in [-0.25, -0.2) is 4.39 Å². The lowest BCUT2D eigenvalue weighted by molar-refractivity contribution is -0.385. The number of non-ortho nitro benzene ring substituents is 1. The summed E-state index contributed by atoms with van der Waals surface area (Å²) in [6.45, 7) is 1.95. The highest BCUT2D eigenvalue weighted by molar-refractivity contribution is 5.61. The number of nitrogens with zero attached hydrogens (tertiary/aromatic N) is 1. The van der Waals surface area contributed by atoms with E-state index in [0.29, 0.717) is 0 Å². The van der Waals surface area contributed by atoms with Gasteiger partial charge in [-0.3, -0.25) is 10.1 Å². The van der Waals surface area contributed by atoms with E-state index in [4.69, 9.17) is 0 Å². The van der Waals surface area contributed by atoms with Gasteiger partial charge in [-0.05, 0) is 25.1 Å². The van der Waals surface area contributed by atoms with Crippen LogP contribution in [0.1, 0.15) is 5.56 Å². The smallest absolute Gasteiger partial charge is 0.272 e. The number of rotatable bonds is 3. The Balaban J connectivity index is 2.24. The van der Waals surface area contributed by atoms with Crippen LogP contribution in [0, 0.1) is 22.9 Å². The van der Waals surface area contributed by atoms with Crippen molar-refractivity contribution < 1.29 is 9.31 Å². The third-order valence-electron chi connectivity index (χ3n) is 2.49. The second-order valence-corrected chi connectivity index (χ2v) is 3.91. The molecular weight excluding hydrogens is 235 g/mol. The van der Waals surface area contributed by atoms with Gasteiger partial charge < -0.3 is 5.32 Å². The van der Waals surface area contributed by atoms with Gasteiger partial charge in [0, 0.05) is 11.8 Å². The van der Waals surface area contributed by atoms with Crippen LogP contribution in [0.4, 0.5) is 21.5 Å². The SMILES string of the molecule is Cc1ccc(Nc2ccc([N+](=O)[O-])cc2F)cc1. The molecule has 0 saturated carbocycles. The zero-order chi connectivity index (χ0) is 13.1. The molecule has 0 unspecified atom stereocenters. The summed E-state index contributed by atoms with van der Waals surface area (Å²) in [5.74, 6) is -0.648. The highest BCUT2D eigenvalue weighted by Crippen LogP contribution is 2.24. The van der Waals surface area contributed by atoms with Crippen molar-refractivity contribution in [3.05, 3.63) is 64.0 Å². The number of benzene rings is 2. The normalized spacial score (nSPS) is 10.1. The van der Waals surface area contributed by atoms with E-state index in [1.165, 1.54) is 12.1 Å². The second kappa shape index (κ2) is 4.83. The number of nitro benzene ring substituents is 1. The molecule has 0 atom stereocenters. The summed E-state index contributed by atoms with van der Waals surface area (Å²) in [5.41, 5.74) is 1.78. The van der Waals surface area contributed by atoms with E-state index < -0.39 is 10.7 Å². The number of nitrogens with one attached hydrogen (secondary N) is 1. The minimum absolute atomic E-state index is 0.212. The molecule has 0 heterocycles. The van der Waals surface area contributed by atoms with Crippen LogP contribution in [0.25, 0.3) is 0 Å². The number of halogens is 1. The van der Waals surface area contributed by atoms with Crippen molar-refractivity contribution in [1.82, 2.24) is 0 Å². The van der Waals surface area contributed by atoms with Crippen molar-refractivity contribution in [2.75, 3.05) is 5.32 Å². The van der Waals surface area contributed by atoms with Crippen molar-refractivity contribution >= 4 is 17.1 Å². The quantitative estimate of drug-likeness (QED) is 0.662. The lowest BCUT2D eigenvalue weighted by Gasteiger charge is -2.07. The molecule has 0 aromatic heterocycles. The summed E-state index contributed by atoms with van der Waals surface area (Å²) in [6.07, 6.45) is 0. The maximum Gasteiger partial charge on any atom is 0.272 e. The summed E-state index contributed by atoms with van der Waals surface area (Å²) < 4.78 is 13.6. The van der Waals surface area contributed by atoms with Crippen LogP contribution in [-0.4, -0.2) is 4.92 Å². The Bertz CT molecular complexity index is 582. The Morgan fingerprint density at radius 2 is 1.83 bits per heavy atom. The minimum Gasteiger partial charge on any atom is -0.353 e.